The molecule has 0 unspecified atom stereocenters. The Labute approximate surface area is 159 Å². The Kier molecular flexibility index (Phi) is 4.54. The second-order valence-electron chi connectivity index (χ2n) is 5.71. The van der Waals surface area contributed by atoms with Gasteiger partial charge >= 0.3 is 0 Å². The van der Waals surface area contributed by atoms with Crippen molar-refractivity contribution in [3.05, 3.63) is 76.8 Å². The Morgan fingerprint density at radius 3 is 2.69 bits per heavy atom. The number of fused-ring (bicyclic) bond motifs is 1. The summed E-state index contributed by atoms with van der Waals surface area (Å²) in [7, 11) is 1.64. The van der Waals surface area contributed by atoms with Crippen LogP contribution in [0.5, 0.6) is 5.75 Å². The third-order valence-corrected chi connectivity index (χ3v) is 4.45. The number of rotatable bonds is 4. The molecule has 3 aromatic carbocycles. The monoisotopic (exact) mass is 406 g/mol. The summed E-state index contributed by atoms with van der Waals surface area (Å²) in [6, 6.07) is 21.4. The van der Waals surface area contributed by atoms with Gasteiger partial charge in [0.2, 0.25) is 5.89 Å². The minimum Gasteiger partial charge on any atom is -0.497 e. The molecule has 0 aliphatic carbocycles. The van der Waals surface area contributed by atoms with Gasteiger partial charge in [-0.25, -0.2) is 4.98 Å². The molecule has 26 heavy (non-hydrogen) atoms. The summed E-state index contributed by atoms with van der Waals surface area (Å²) in [4.78, 5) is 9.11. The number of hydrogen-bond acceptors (Lipinski definition) is 4. The number of methoxy groups -OCH3 is 1. The lowest BCUT2D eigenvalue weighted by atomic mass is 10.2. The van der Waals surface area contributed by atoms with Crippen LogP contribution in [0.3, 0.4) is 0 Å². The predicted molar refractivity (Wildman–Crippen MR) is 107 cm³/mol. The molecular formula is C21H15BrN2O2. The third-order valence-electron chi connectivity index (χ3n) is 3.92. The third kappa shape index (κ3) is 3.53. The van der Waals surface area contributed by atoms with Crippen LogP contribution in [0, 0.1) is 0 Å². The normalized spacial score (nSPS) is 11.3. The second kappa shape index (κ2) is 7.14. The number of oxazole rings is 1. The SMILES string of the molecule is COc1cccc(-c2nc3cc(N=Cc4ccc(Br)cc4)ccc3o2)c1. The molecule has 4 aromatic rings. The van der Waals surface area contributed by atoms with Crippen molar-refractivity contribution in [2.24, 2.45) is 4.99 Å². The molecule has 128 valence electrons. The Bertz CT molecular complexity index is 1080. The first-order chi connectivity index (χ1) is 12.7. The van der Waals surface area contributed by atoms with Crippen LogP contribution in [0.4, 0.5) is 5.69 Å². The van der Waals surface area contributed by atoms with Crippen molar-refractivity contribution >= 4 is 38.9 Å². The zero-order valence-electron chi connectivity index (χ0n) is 14.0. The lowest BCUT2D eigenvalue weighted by Gasteiger charge is -2.00. The summed E-state index contributed by atoms with van der Waals surface area (Å²) in [5, 5.41) is 0. The van der Waals surface area contributed by atoms with Gasteiger partial charge in [0, 0.05) is 16.3 Å². The van der Waals surface area contributed by atoms with Crippen molar-refractivity contribution in [1.29, 1.82) is 0 Å². The molecule has 4 rings (SSSR count). The Balaban J connectivity index is 1.64. The molecule has 0 atom stereocenters. The van der Waals surface area contributed by atoms with Gasteiger partial charge in [-0.3, -0.25) is 4.99 Å². The molecule has 4 nitrogen and oxygen atoms in total. The van der Waals surface area contributed by atoms with Crippen LogP contribution in [0.25, 0.3) is 22.6 Å². The van der Waals surface area contributed by atoms with Gasteiger partial charge in [-0.1, -0.05) is 34.1 Å². The van der Waals surface area contributed by atoms with Gasteiger partial charge in [-0.2, -0.15) is 0 Å². The molecule has 0 radical (unpaired) electrons. The van der Waals surface area contributed by atoms with Crippen molar-refractivity contribution in [3.8, 4) is 17.2 Å². The van der Waals surface area contributed by atoms with E-state index in [1.807, 2.05) is 72.9 Å². The van der Waals surface area contributed by atoms with E-state index in [1.54, 1.807) is 7.11 Å². The lowest BCUT2D eigenvalue weighted by Crippen LogP contribution is -1.83. The molecule has 5 heteroatoms. The van der Waals surface area contributed by atoms with Crippen LogP contribution < -0.4 is 4.74 Å². The number of hydrogen-bond donors (Lipinski definition) is 0. The number of halogens is 1. The van der Waals surface area contributed by atoms with Crippen LogP contribution in [0.2, 0.25) is 0 Å². The molecule has 0 N–H and O–H groups in total. The highest BCUT2D eigenvalue weighted by Gasteiger charge is 2.09. The first-order valence-electron chi connectivity index (χ1n) is 8.06. The van der Waals surface area contributed by atoms with Crippen molar-refractivity contribution in [1.82, 2.24) is 4.98 Å². The van der Waals surface area contributed by atoms with Crippen LogP contribution in [-0.2, 0) is 0 Å². The van der Waals surface area contributed by atoms with Gasteiger partial charge in [0.05, 0.1) is 12.8 Å². The molecule has 1 aromatic heterocycles. The van der Waals surface area contributed by atoms with E-state index in [0.29, 0.717) is 5.89 Å². The minimum atomic E-state index is 0.563. The molecular weight excluding hydrogens is 392 g/mol. The molecule has 0 bridgehead atoms. The average molecular weight is 407 g/mol. The highest BCUT2D eigenvalue weighted by molar-refractivity contribution is 9.10. The number of ether oxygens (including phenoxy) is 1. The number of benzene rings is 3. The molecule has 0 spiro atoms. The van der Waals surface area contributed by atoms with Crippen LogP contribution in [0.1, 0.15) is 5.56 Å². The molecule has 0 aliphatic rings. The molecule has 0 saturated heterocycles. The van der Waals surface area contributed by atoms with Gasteiger partial charge in [0.15, 0.2) is 5.58 Å². The summed E-state index contributed by atoms with van der Waals surface area (Å²) in [5.41, 5.74) is 4.23. The quantitative estimate of drug-likeness (QED) is 0.389. The first-order valence-corrected chi connectivity index (χ1v) is 8.85. The van der Waals surface area contributed by atoms with Crippen molar-refractivity contribution in [2.45, 2.75) is 0 Å². The Morgan fingerprint density at radius 2 is 1.88 bits per heavy atom. The zero-order valence-corrected chi connectivity index (χ0v) is 15.6. The molecule has 0 saturated carbocycles. The fourth-order valence-corrected chi connectivity index (χ4v) is 2.84. The number of nitrogens with zero attached hydrogens (tertiary/aromatic N) is 2. The zero-order chi connectivity index (χ0) is 17.9. The number of aromatic nitrogens is 1. The van der Waals surface area contributed by atoms with Crippen molar-refractivity contribution in [3.63, 3.8) is 0 Å². The van der Waals surface area contributed by atoms with E-state index in [-0.39, 0.29) is 0 Å². The topological polar surface area (TPSA) is 47.6 Å². The van der Waals surface area contributed by atoms with Crippen LogP contribution in [-0.4, -0.2) is 18.3 Å². The van der Waals surface area contributed by atoms with E-state index in [1.165, 1.54) is 0 Å². The van der Waals surface area contributed by atoms with Gasteiger partial charge < -0.3 is 9.15 Å². The van der Waals surface area contributed by atoms with E-state index >= 15 is 0 Å². The maximum absolute atomic E-state index is 5.86. The Hall–Kier alpha value is -2.92. The van der Waals surface area contributed by atoms with Gasteiger partial charge in [-0.05, 0) is 54.1 Å². The maximum atomic E-state index is 5.86. The highest BCUT2D eigenvalue weighted by Crippen LogP contribution is 2.28. The first kappa shape index (κ1) is 16.5. The van der Waals surface area contributed by atoms with E-state index < -0.39 is 0 Å². The fraction of sp³-hybridized carbons (Fsp3) is 0.0476. The summed E-state index contributed by atoms with van der Waals surface area (Å²) in [6.45, 7) is 0. The largest absolute Gasteiger partial charge is 0.497 e. The Morgan fingerprint density at radius 1 is 1.04 bits per heavy atom. The van der Waals surface area contributed by atoms with E-state index in [4.69, 9.17) is 9.15 Å². The van der Waals surface area contributed by atoms with E-state index in [0.717, 1.165) is 38.1 Å². The summed E-state index contributed by atoms with van der Waals surface area (Å²) >= 11 is 3.43. The summed E-state index contributed by atoms with van der Waals surface area (Å²) < 4.78 is 12.2. The van der Waals surface area contributed by atoms with Crippen molar-refractivity contribution < 1.29 is 9.15 Å². The molecule has 0 amide bonds. The van der Waals surface area contributed by atoms with Gasteiger partial charge in [0.25, 0.3) is 0 Å². The molecule has 0 fully saturated rings. The lowest BCUT2D eigenvalue weighted by molar-refractivity contribution is 0.415. The maximum Gasteiger partial charge on any atom is 0.227 e. The average Bonchev–Trinajstić information content (AvgIpc) is 3.11. The minimum absolute atomic E-state index is 0.563. The molecule has 1 heterocycles. The van der Waals surface area contributed by atoms with Gasteiger partial charge in [0.1, 0.15) is 11.3 Å². The summed E-state index contributed by atoms with van der Waals surface area (Å²) in [6.07, 6.45) is 1.83. The highest BCUT2D eigenvalue weighted by atomic mass is 79.9. The van der Waals surface area contributed by atoms with Crippen LogP contribution in [0.15, 0.2) is 80.6 Å². The van der Waals surface area contributed by atoms with Gasteiger partial charge in [-0.15, -0.1) is 0 Å². The predicted octanol–water partition coefficient (Wildman–Crippen LogP) is 6.02. The van der Waals surface area contributed by atoms with Crippen LogP contribution >= 0.6 is 15.9 Å². The fourth-order valence-electron chi connectivity index (χ4n) is 2.57. The number of aliphatic imine (C=N–C) groups is 1. The summed E-state index contributed by atoms with van der Waals surface area (Å²) in [5.74, 6) is 1.33. The van der Waals surface area contributed by atoms with E-state index in [9.17, 15) is 0 Å². The smallest absolute Gasteiger partial charge is 0.227 e. The molecule has 0 aliphatic heterocycles. The van der Waals surface area contributed by atoms with Crippen molar-refractivity contribution in [2.75, 3.05) is 7.11 Å². The van der Waals surface area contributed by atoms with E-state index in [2.05, 4.69) is 25.9 Å². The second-order valence-corrected chi connectivity index (χ2v) is 6.63. The standard InChI is InChI=1S/C21H15BrN2O2/c1-25-18-4-2-3-15(11-18)21-24-19-12-17(9-10-20(19)26-21)23-13-14-5-7-16(22)8-6-14/h2-13H,1H3.